The number of amides is 1. The molecule has 0 saturated carbocycles. The zero-order valence-electron chi connectivity index (χ0n) is 20.1. The van der Waals surface area contributed by atoms with Crippen LogP contribution < -0.4 is 4.74 Å². The van der Waals surface area contributed by atoms with Gasteiger partial charge in [-0.05, 0) is 74.4 Å². The molecule has 10 heteroatoms. The van der Waals surface area contributed by atoms with E-state index in [9.17, 15) is 18.0 Å². The average Bonchev–Trinajstić information content (AvgIpc) is 3.33. The van der Waals surface area contributed by atoms with Gasteiger partial charge in [-0.1, -0.05) is 0 Å². The average molecular weight is 503 g/mol. The van der Waals surface area contributed by atoms with E-state index in [0.29, 0.717) is 19.0 Å². The molecule has 2 aliphatic rings. The summed E-state index contributed by atoms with van der Waals surface area (Å²) < 4.78 is 49.4. The summed E-state index contributed by atoms with van der Waals surface area (Å²) in [4.78, 5) is 27.5. The first kappa shape index (κ1) is 24.5. The number of imidazole rings is 1. The number of fused-ring (bicyclic) bond motifs is 1. The number of piperidine rings is 1. The molecule has 0 spiro atoms. The Labute approximate surface area is 207 Å². The molecule has 4 heterocycles. The highest BCUT2D eigenvalue weighted by Crippen LogP contribution is 2.34. The van der Waals surface area contributed by atoms with E-state index in [1.807, 2.05) is 6.07 Å². The molecule has 2 saturated heterocycles. The first-order valence-electron chi connectivity index (χ1n) is 12.3. The van der Waals surface area contributed by atoms with Crippen LogP contribution in [0.25, 0.3) is 11.2 Å². The van der Waals surface area contributed by atoms with Crippen LogP contribution in [-0.2, 0) is 15.7 Å². The third kappa shape index (κ3) is 5.18. The summed E-state index contributed by atoms with van der Waals surface area (Å²) >= 11 is 0. The fourth-order valence-electron chi connectivity index (χ4n) is 5.10. The first-order chi connectivity index (χ1) is 17.3. The Balaban J connectivity index is 1.20. The molecule has 3 aromatic rings. The summed E-state index contributed by atoms with van der Waals surface area (Å²) in [5.74, 6) is 1.66. The van der Waals surface area contributed by atoms with Crippen LogP contribution in [0.2, 0.25) is 0 Å². The van der Waals surface area contributed by atoms with Gasteiger partial charge in [0.1, 0.15) is 11.6 Å². The van der Waals surface area contributed by atoms with Gasteiger partial charge in [-0.15, -0.1) is 0 Å². The number of hydrogen-bond acceptors (Lipinski definition) is 5. The summed E-state index contributed by atoms with van der Waals surface area (Å²) in [5.41, 5.74) is 2.12. The molecule has 2 aliphatic heterocycles. The number of carbonyl (C=O) groups excluding carboxylic acids is 1. The number of carbonyl (C=O) groups is 1. The van der Waals surface area contributed by atoms with Crippen LogP contribution >= 0.6 is 0 Å². The van der Waals surface area contributed by atoms with Crippen molar-refractivity contribution >= 4 is 17.1 Å². The molecule has 1 unspecified atom stereocenters. The Morgan fingerprint density at radius 1 is 1.08 bits per heavy atom. The number of benzene rings is 1. The molecule has 1 atom stereocenters. The highest BCUT2D eigenvalue weighted by atomic mass is 19.4. The lowest BCUT2D eigenvalue weighted by Gasteiger charge is -2.33. The van der Waals surface area contributed by atoms with Crippen molar-refractivity contribution in [3.8, 4) is 5.75 Å². The number of H-pyrrole nitrogens is 1. The third-order valence-electron chi connectivity index (χ3n) is 7.14. The zero-order chi connectivity index (χ0) is 25.3. The molecule has 36 heavy (non-hydrogen) atoms. The molecular formula is C26H29F3N4O3. The van der Waals surface area contributed by atoms with Crippen molar-refractivity contribution < 1.29 is 27.4 Å². The number of nitrogens with zero attached hydrogens (tertiary/aromatic N) is 3. The first-order valence-corrected chi connectivity index (χ1v) is 12.3. The summed E-state index contributed by atoms with van der Waals surface area (Å²) in [6.45, 7) is 4.27. The van der Waals surface area contributed by atoms with Gasteiger partial charge in [0, 0.05) is 38.4 Å². The van der Waals surface area contributed by atoms with E-state index in [0.717, 1.165) is 68.0 Å². The van der Waals surface area contributed by atoms with Gasteiger partial charge in [-0.25, -0.2) is 9.97 Å². The lowest BCUT2D eigenvalue weighted by Crippen LogP contribution is -2.44. The zero-order valence-corrected chi connectivity index (χ0v) is 20.1. The normalized spacial score (nSPS) is 18.9. The Hall–Kier alpha value is -3.14. The summed E-state index contributed by atoms with van der Waals surface area (Å²) in [6, 6.07) is 6.43. The summed E-state index contributed by atoms with van der Waals surface area (Å²) in [7, 11) is 0. The van der Waals surface area contributed by atoms with Crippen molar-refractivity contribution in [2.45, 2.75) is 56.7 Å². The number of hydrogen-bond donors (Lipinski definition) is 1. The topological polar surface area (TPSA) is 80.3 Å². The van der Waals surface area contributed by atoms with Crippen molar-refractivity contribution in [1.82, 2.24) is 19.9 Å². The lowest BCUT2D eigenvalue weighted by atomic mass is 9.89. The maximum Gasteiger partial charge on any atom is 0.416 e. The molecule has 0 bridgehead atoms. The van der Waals surface area contributed by atoms with Gasteiger partial charge in [-0.3, -0.25) is 4.79 Å². The van der Waals surface area contributed by atoms with E-state index >= 15 is 0 Å². The fraction of sp³-hybridized carbons (Fsp3) is 0.500. The number of rotatable bonds is 5. The van der Waals surface area contributed by atoms with Crippen LogP contribution in [0.4, 0.5) is 13.2 Å². The quantitative estimate of drug-likeness (QED) is 0.529. The SMILES string of the molecule is CC(Oc1ccc(C(F)(F)F)cc1)C(=O)N1CCC(c2ccnc3nc(C4CCOCC4)[nH]c23)CC1. The highest BCUT2D eigenvalue weighted by molar-refractivity contribution is 5.81. The van der Waals surface area contributed by atoms with Gasteiger partial charge in [0.2, 0.25) is 0 Å². The third-order valence-corrected chi connectivity index (χ3v) is 7.14. The highest BCUT2D eigenvalue weighted by Gasteiger charge is 2.31. The van der Waals surface area contributed by atoms with Crippen molar-refractivity contribution in [2.24, 2.45) is 0 Å². The number of pyridine rings is 1. The van der Waals surface area contributed by atoms with E-state index in [2.05, 4.69) is 9.97 Å². The van der Waals surface area contributed by atoms with Gasteiger partial charge in [0.15, 0.2) is 11.8 Å². The number of ether oxygens (including phenoxy) is 2. The van der Waals surface area contributed by atoms with Gasteiger partial charge in [-0.2, -0.15) is 13.2 Å². The van der Waals surface area contributed by atoms with Gasteiger partial charge in [0.25, 0.3) is 5.91 Å². The molecule has 1 amide bonds. The maximum absolute atomic E-state index is 12.9. The van der Waals surface area contributed by atoms with Crippen molar-refractivity contribution in [2.75, 3.05) is 26.3 Å². The molecule has 5 rings (SSSR count). The maximum atomic E-state index is 12.9. The van der Waals surface area contributed by atoms with Crippen LogP contribution in [0.1, 0.15) is 61.4 Å². The van der Waals surface area contributed by atoms with Crippen LogP contribution in [0, 0.1) is 0 Å². The summed E-state index contributed by atoms with van der Waals surface area (Å²) in [6.07, 6.45) is 0.0787. The minimum atomic E-state index is -4.41. The largest absolute Gasteiger partial charge is 0.481 e. The molecule has 2 fully saturated rings. The number of likely N-dealkylation sites (tertiary alicyclic amines) is 1. The second kappa shape index (κ2) is 10.1. The van der Waals surface area contributed by atoms with Gasteiger partial charge < -0.3 is 19.4 Å². The van der Waals surface area contributed by atoms with E-state index in [-0.39, 0.29) is 17.6 Å². The van der Waals surface area contributed by atoms with Crippen molar-refractivity contribution in [1.29, 1.82) is 0 Å². The van der Waals surface area contributed by atoms with Crippen LogP contribution in [0.3, 0.4) is 0 Å². The van der Waals surface area contributed by atoms with E-state index in [1.54, 1.807) is 18.0 Å². The minimum Gasteiger partial charge on any atom is -0.481 e. The molecular weight excluding hydrogens is 473 g/mol. The monoisotopic (exact) mass is 502 g/mol. The van der Waals surface area contributed by atoms with E-state index in [4.69, 9.17) is 14.5 Å². The predicted molar refractivity (Wildman–Crippen MR) is 127 cm³/mol. The molecule has 0 radical (unpaired) electrons. The van der Waals surface area contributed by atoms with Crippen LogP contribution in [0.5, 0.6) is 5.75 Å². The Morgan fingerprint density at radius 2 is 1.78 bits per heavy atom. The number of nitrogens with one attached hydrogen (secondary N) is 1. The smallest absolute Gasteiger partial charge is 0.416 e. The Bertz CT molecular complexity index is 1200. The predicted octanol–water partition coefficient (Wildman–Crippen LogP) is 5.04. The standard InChI is InChI=1S/C26H29F3N4O3/c1-16(36-20-4-2-19(3-5-20)26(27,28)29)25(34)33-12-7-17(8-13-33)21-6-11-30-24-22(21)31-23(32-24)18-9-14-35-15-10-18/h2-6,11,16-18H,7-10,12-15H2,1H3,(H,30,31,32). The van der Waals surface area contributed by atoms with Crippen molar-refractivity contribution in [3.63, 3.8) is 0 Å². The second-order valence-corrected chi connectivity index (χ2v) is 9.49. The lowest BCUT2D eigenvalue weighted by molar-refractivity contribution is -0.139. The van der Waals surface area contributed by atoms with Gasteiger partial charge in [0.05, 0.1) is 11.1 Å². The molecule has 7 nitrogen and oxygen atoms in total. The summed E-state index contributed by atoms with van der Waals surface area (Å²) in [5, 5.41) is 0. The molecule has 192 valence electrons. The number of aromatic amines is 1. The molecule has 2 aromatic heterocycles. The number of alkyl halides is 3. The number of halogens is 3. The van der Waals surface area contributed by atoms with E-state index in [1.165, 1.54) is 17.7 Å². The minimum absolute atomic E-state index is 0.170. The molecule has 1 N–H and O–H groups in total. The Kier molecular flexibility index (Phi) is 6.87. The van der Waals surface area contributed by atoms with Crippen molar-refractivity contribution in [3.05, 3.63) is 53.5 Å². The second-order valence-electron chi connectivity index (χ2n) is 9.49. The Morgan fingerprint density at radius 3 is 2.44 bits per heavy atom. The van der Waals surface area contributed by atoms with Gasteiger partial charge >= 0.3 is 6.18 Å². The number of aromatic nitrogens is 3. The van der Waals surface area contributed by atoms with E-state index < -0.39 is 17.8 Å². The van der Waals surface area contributed by atoms with Crippen LogP contribution in [0.15, 0.2) is 36.5 Å². The molecule has 0 aliphatic carbocycles. The van der Waals surface area contributed by atoms with Crippen LogP contribution in [-0.4, -0.2) is 58.2 Å². The molecule has 1 aromatic carbocycles. The fourth-order valence-corrected chi connectivity index (χ4v) is 5.10.